The molecule has 0 fully saturated rings. The van der Waals surface area contributed by atoms with E-state index in [0.717, 1.165) is 5.56 Å². The molecule has 0 saturated heterocycles. The molecule has 2 aromatic rings. The van der Waals surface area contributed by atoms with Crippen LogP contribution < -0.4 is 26.1 Å². The van der Waals surface area contributed by atoms with Gasteiger partial charge in [0, 0.05) is 12.5 Å². The van der Waals surface area contributed by atoms with Gasteiger partial charge in [0.1, 0.15) is 23.0 Å². The van der Waals surface area contributed by atoms with E-state index in [9.17, 15) is 8.42 Å². The average Bonchev–Trinajstić information content (AvgIpc) is 2.57. The fraction of sp³-hybridized carbons (Fsp3) is 0.235. The van der Waals surface area contributed by atoms with E-state index in [0.29, 0.717) is 18.8 Å². The van der Waals surface area contributed by atoms with Crippen LogP contribution in [0, 0.1) is 6.92 Å². The molecule has 0 radical (unpaired) electrons. The Balaban J connectivity index is 2.02. The molecule has 0 unspecified atom stereocenters. The summed E-state index contributed by atoms with van der Waals surface area (Å²) in [7, 11) is -4.06. The van der Waals surface area contributed by atoms with Gasteiger partial charge in [0.25, 0.3) is 0 Å². The minimum atomic E-state index is -4.06. The number of nitrogens with two attached hydrogens (primary N) is 3. The molecule has 27 heavy (non-hydrogen) atoms. The molecule has 2 rings (SSSR count). The van der Waals surface area contributed by atoms with Crippen molar-refractivity contribution < 1.29 is 22.2 Å². The number of benzene rings is 2. The van der Waals surface area contributed by atoms with Crippen molar-refractivity contribution in [3.63, 3.8) is 0 Å². The number of guanidine groups is 1. The molecule has 146 valence electrons. The van der Waals surface area contributed by atoms with Crippen molar-refractivity contribution in [3.8, 4) is 11.5 Å². The first-order valence-corrected chi connectivity index (χ1v) is 9.43. The fourth-order valence-corrected chi connectivity index (χ4v) is 3.20. The molecule has 0 aliphatic rings. The van der Waals surface area contributed by atoms with E-state index in [-0.39, 0.29) is 28.9 Å². The molecule has 9 nitrogen and oxygen atoms in total. The Morgan fingerprint density at radius 3 is 2.48 bits per heavy atom. The van der Waals surface area contributed by atoms with E-state index in [1.165, 1.54) is 18.2 Å². The number of nitrogens with zero attached hydrogens (tertiary/aromatic N) is 1. The highest BCUT2D eigenvalue weighted by molar-refractivity contribution is 7.87. The van der Waals surface area contributed by atoms with Gasteiger partial charge in [-0.1, -0.05) is 12.1 Å². The van der Waals surface area contributed by atoms with Crippen molar-refractivity contribution in [2.24, 2.45) is 16.6 Å². The van der Waals surface area contributed by atoms with Crippen molar-refractivity contribution in [1.29, 1.82) is 0 Å². The molecular weight excluding hydrogens is 372 g/mol. The molecule has 0 heterocycles. The molecule has 0 atom stereocenters. The molecule has 0 aliphatic heterocycles. The molecule has 0 bridgehead atoms. The second kappa shape index (κ2) is 8.99. The summed E-state index contributed by atoms with van der Waals surface area (Å²) in [6.07, 6.45) is 0.528. The Kier molecular flexibility index (Phi) is 6.72. The maximum absolute atomic E-state index is 12.4. The third-order valence-corrected chi connectivity index (χ3v) is 4.56. The van der Waals surface area contributed by atoms with Crippen molar-refractivity contribution in [2.75, 3.05) is 18.9 Å². The van der Waals surface area contributed by atoms with Crippen LogP contribution in [0.25, 0.3) is 0 Å². The highest BCUT2D eigenvalue weighted by Crippen LogP contribution is 2.27. The number of oxime groups is 1. The molecule has 2 aromatic carbocycles. The first-order chi connectivity index (χ1) is 12.8. The summed E-state index contributed by atoms with van der Waals surface area (Å²) in [6.45, 7) is 2.39. The number of para-hydroxylation sites is 1. The first-order valence-electron chi connectivity index (χ1n) is 8.02. The molecule has 0 saturated carbocycles. The Bertz CT molecular complexity index is 911. The maximum atomic E-state index is 12.4. The summed E-state index contributed by atoms with van der Waals surface area (Å²) in [6, 6.07) is 10.9. The first kappa shape index (κ1) is 20.2. The molecule has 10 heteroatoms. The van der Waals surface area contributed by atoms with Crippen molar-refractivity contribution in [2.45, 2.75) is 18.2 Å². The standard InChI is InChI=1S/C17H22N4O5S/c1-12-9-13(24-7-4-8-25-21-17(19)20)11-14(10-12)26-27(22,23)16-6-3-2-5-15(16)18/h2-3,5-6,9-11H,4,7-8,18H2,1H3,(H4,19,20,21). The topological polar surface area (TPSA) is 152 Å². The molecular formula is C17H22N4O5S. The van der Waals surface area contributed by atoms with Gasteiger partial charge in [-0.15, -0.1) is 0 Å². The number of ether oxygens (including phenoxy) is 1. The Morgan fingerprint density at radius 2 is 1.78 bits per heavy atom. The van der Waals surface area contributed by atoms with Gasteiger partial charge in [-0.25, -0.2) is 0 Å². The lowest BCUT2D eigenvalue weighted by molar-refractivity contribution is 0.127. The van der Waals surface area contributed by atoms with Gasteiger partial charge in [0.05, 0.1) is 12.3 Å². The van der Waals surface area contributed by atoms with Crippen molar-refractivity contribution in [1.82, 2.24) is 0 Å². The summed E-state index contributed by atoms with van der Waals surface area (Å²) < 4.78 is 35.7. The monoisotopic (exact) mass is 394 g/mol. The van der Waals surface area contributed by atoms with Crippen LogP contribution in [0.4, 0.5) is 5.69 Å². The number of hydrogen-bond acceptors (Lipinski definition) is 7. The van der Waals surface area contributed by atoms with Crippen LogP contribution >= 0.6 is 0 Å². The summed E-state index contributed by atoms with van der Waals surface area (Å²) in [4.78, 5) is 4.76. The quantitative estimate of drug-likeness (QED) is 0.144. The van der Waals surface area contributed by atoms with E-state index in [1.54, 1.807) is 31.2 Å². The Hall–Kier alpha value is -3.14. The maximum Gasteiger partial charge on any atom is 0.341 e. The fourth-order valence-electron chi connectivity index (χ4n) is 2.16. The number of rotatable bonds is 9. The van der Waals surface area contributed by atoms with Gasteiger partial charge in [-0.05, 0) is 41.9 Å². The number of nitrogen functional groups attached to an aromatic ring is 1. The third kappa shape index (κ3) is 6.26. The normalized spacial score (nSPS) is 10.9. The zero-order chi connectivity index (χ0) is 19.9. The molecule has 0 aromatic heterocycles. The van der Waals surface area contributed by atoms with Crippen LogP contribution in [0.5, 0.6) is 11.5 Å². The van der Waals surface area contributed by atoms with Gasteiger partial charge >= 0.3 is 10.1 Å². The van der Waals surface area contributed by atoms with Crippen molar-refractivity contribution >= 4 is 21.8 Å². The SMILES string of the molecule is Cc1cc(OCCCON=C(N)N)cc(OS(=O)(=O)c2ccccc2N)c1. The van der Waals surface area contributed by atoms with Crippen LogP contribution in [0.2, 0.25) is 0 Å². The predicted octanol–water partition coefficient (Wildman–Crippen LogP) is 1.32. The predicted molar refractivity (Wildman–Crippen MR) is 102 cm³/mol. The van der Waals surface area contributed by atoms with Gasteiger partial charge in [-0.3, -0.25) is 0 Å². The largest absolute Gasteiger partial charge is 0.493 e. The summed E-state index contributed by atoms with van der Waals surface area (Å²) in [5.74, 6) is 0.435. The Morgan fingerprint density at radius 1 is 1.07 bits per heavy atom. The van der Waals surface area contributed by atoms with Gasteiger partial charge in [-0.2, -0.15) is 8.42 Å². The van der Waals surface area contributed by atoms with Gasteiger partial charge in [0.2, 0.25) is 5.96 Å². The minimum absolute atomic E-state index is 0.0918. The Labute approximate surface area is 157 Å². The number of hydrogen-bond donors (Lipinski definition) is 3. The molecule has 6 N–H and O–H groups in total. The number of anilines is 1. The minimum Gasteiger partial charge on any atom is -0.493 e. The second-order valence-corrected chi connectivity index (χ2v) is 7.12. The summed E-state index contributed by atoms with van der Waals surface area (Å²) in [5, 5.41) is 3.39. The van der Waals surface area contributed by atoms with Gasteiger partial charge in [0.15, 0.2) is 0 Å². The average molecular weight is 394 g/mol. The highest BCUT2D eigenvalue weighted by atomic mass is 32.2. The van der Waals surface area contributed by atoms with E-state index >= 15 is 0 Å². The lowest BCUT2D eigenvalue weighted by Gasteiger charge is -2.12. The zero-order valence-electron chi connectivity index (χ0n) is 14.8. The van der Waals surface area contributed by atoms with Crippen LogP contribution in [0.15, 0.2) is 52.5 Å². The summed E-state index contributed by atoms with van der Waals surface area (Å²) >= 11 is 0. The number of aryl methyl sites for hydroxylation is 1. The lowest BCUT2D eigenvalue weighted by atomic mass is 10.2. The van der Waals surface area contributed by atoms with Crippen LogP contribution in [0.3, 0.4) is 0 Å². The van der Waals surface area contributed by atoms with Crippen LogP contribution in [-0.2, 0) is 15.0 Å². The van der Waals surface area contributed by atoms with Crippen molar-refractivity contribution in [3.05, 3.63) is 48.0 Å². The second-order valence-electron chi connectivity index (χ2n) is 5.61. The smallest absolute Gasteiger partial charge is 0.341 e. The van der Waals surface area contributed by atoms with Gasteiger partial charge < -0.3 is 31.0 Å². The van der Waals surface area contributed by atoms with E-state index in [2.05, 4.69) is 5.16 Å². The zero-order valence-corrected chi connectivity index (χ0v) is 15.6. The lowest BCUT2D eigenvalue weighted by Crippen LogP contribution is -2.23. The molecule has 0 amide bonds. The summed E-state index contributed by atoms with van der Waals surface area (Å²) in [5.41, 5.74) is 16.9. The molecule has 0 aliphatic carbocycles. The molecule has 0 spiro atoms. The third-order valence-electron chi connectivity index (χ3n) is 3.24. The highest BCUT2D eigenvalue weighted by Gasteiger charge is 2.20. The van der Waals surface area contributed by atoms with E-state index < -0.39 is 10.1 Å². The van der Waals surface area contributed by atoms with Crippen LogP contribution in [0.1, 0.15) is 12.0 Å². The van der Waals surface area contributed by atoms with E-state index in [1.807, 2.05) is 0 Å². The van der Waals surface area contributed by atoms with Crippen LogP contribution in [-0.4, -0.2) is 27.6 Å². The van der Waals surface area contributed by atoms with E-state index in [4.69, 9.17) is 31.0 Å².